The van der Waals surface area contributed by atoms with Crippen LogP contribution in [0, 0.1) is 0 Å². The van der Waals surface area contributed by atoms with Crippen LogP contribution in [0.2, 0.25) is 0 Å². The van der Waals surface area contributed by atoms with Gasteiger partial charge in [0, 0.05) is 30.8 Å². The summed E-state index contributed by atoms with van der Waals surface area (Å²) in [4.78, 5) is 12.0. The Morgan fingerprint density at radius 3 is 2.43 bits per heavy atom. The molecule has 0 aliphatic heterocycles. The lowest BCUT2D eigenvalue weighted by atomic mass is 10.1. The van der Waals surface area contributed by atoms with Gasteiger partial charge in [0.2, 0.25) is 5.91 Å². The van der Waals surface area contributed by atoms with Crippen LogP contribution in [-0.4, -0.2) is 32.7 Å². The van der Waals surface area contributed by atoms with Crippen LogP contribution in [0.15, 0.2) is 18.2 Å². The van der Waals surface area contributed by atoms with Crippen molar-refractivity contribution >= 4 is 11.6 Å². The molecule has 5 nitrogen and oxygen atoms in total. The fourth-order valence-electron chi connectivity index (χ4n) is 2.99. The van der Waals surface area contributed by atoms with Crippen molar-refractivity contribution in [2.24, 2.45) is 0 Å². The van der Waals surface area contributed by atoms with Crippen molar-refractivity contribution in [2.75, 3.05) is 26.1 Å². The van der Waals surface area contributed by atoms with Crippen LogP contribution < -0.4 is 20.1 Å². The van der Waals surface area contributed by atoms with E-state index in [0.717, 1.165) is 18.5 Å². The van der Waals surface area contributed by atoms with Crippen LogP contribution in [0.1, 0.15) is 44.9 Å². The molecule has 2 rings (SSSR count). The molecular formula is C18H28N2O3. The van der Waals surface area contributed by atoms with E-state index in [1.54, 1.807) is 14.2 Å². The second-order valence-electron chi connectivity index (χ2n) is 6.00. The monoisotopic (exact) mass is 320 g/mol. The van der Waals surface area contributed by atoms with Crippen molar-refractivity contribution in [1.29, 1.82) is 0 Å². The van der Waals surface area contributed by atoms with Crippen molar-refractivity contribution in [1.82, 2.24) is 5.32 Å². The highest BCUT2D eigenvalue weighted by molar-refractivity contribution is 5.76. The SMILES string of the molecule is COc1ccc(NCCC(=O)NC2CCCCCC2)cc1OC. The maximum absolute atomic E-state index is 12.0. The molecule has 5 heteroatoms. The number of nitrogens with one attached hydrogen (secondary N) is 2. The lowest BCUT2D eigenvalue weighted by Crippen LogP contribution is -2.35. The third-order valence-corrected chi connectivity index (χ3v) is 4.29. The highest BCUT2D eigenvalue weighted by Gasteiger charge is 2.14. The average molecular weight is 320 g/mol. The Balaban J connectivity index is 1.74. The van der Waals surface area contributed by atoms with E-state index in [9.17, 15) is 4.79 Å². The number of benzene rings is 1. The first-order valence-corrected chi connectivity index (χ1v) is 8.48. The first kappa shape index (κ1) is 17.4. The van der Waals surface area contributed by atoms with Crippen LogP contribution in [-0.2, 0) is 4.79 Å². The number of hydrogen-bond acceptors (Lipinski definition) is 4. The van der Waals surface area contributed by atoms with Gasteiger partial charge < -0.3 is 20.1 Å². The van der Waals surface area contributed by atoms with Crippen LogP contribution in [0.25, 0.3) is 0 Å². The molecule has 0 bridgehead atoms. The van der Waals surface area contributed by atoms with E-state index in [1.807, 2.05) is 18.2 Å². The van der Waals surface area contributed by atoms with Gasteiger partial charge in [0.1, 0.15) is 0 Å². The molecule has 0 radical (unpaired) electrons. The van der Waals surface area contributed by atoms with E-state index in [1.165, 1.54) is 25.7 Å². The van der Waals surface area contributed by atoms with Gasteiger partial charge in [-0.1, -0.05) is 25.7 Å². The summed E-state index contributed by atoms with van der Waals surface area (Å²) in [7, 11) is 3.23. The molecule has 0 aromatic heterocycles. The summed E-state index contributed by atoms with van der Waals surface area (Å²) >= 11 is 0. The van der Waals surface area contributed by atoms with E-state index in [-0.39, 0.29) is 5.91 Å². The minimum Gasteiger partial charge on any atom is -0.493 e. The van der Waals surface area contributed by atoms with Gasteiger partial charge in [-0.3, -0.25) is 4.79 Å². The predicted molar refractivity (Wildman–Crippen MR) is 92.3 cm³/mol. The largest absolute Gasteiger partial charge is 0.493 e. The molecule has 1 aromatic carbocycles. The molecule has 128 valence electrons. The quantitative estimate of drug-likeness (QED) is 0.757. The van der Waals surface area contributed by atoms with Crippen molar-refractivity contribution in [3.8, 4) is 11.5 Å². The molecule has 1 aliphatic rings. The molecule has 2 N–H and O–H groups in total. The molecule has 23 heavy (non-hydrogen) atoms. The minimum absolute atomic E-state index is 0.130. The lowest BCUT2D eigenvalue weighted by Gasteiger charge is -2.16. The maximum Gasteiger partial charge on any atom is 0.221 e. The van der Waals surface area contributed by atoms with Crippen molar-refractivity contribution in [3.63, 3.8) is 0 Å². The number of methoxy groups -OCH3 is 2. The summed E-state index contributed by atoms with van der Waals surface area (Å²) in [5, 5.41) is 6.42. The standard InChI is InChI=1S/C18H28N2O3/c1-22-16-10-9-15(13-17(16)23-2)19-12-11-18(21)20-14-7-5-3-4-6-8-14/h9-10,13-14,19H,3-8,11-12H2,1-2H3,(H,20,21). The smallest absolute Gasteiger partial charge is 0.221 e. The zero-order valence-corrected chi connectivity index (χ0v) is 14.2. The fraction of sp³-hybridized carbons (Fsp3) is 0.611. The summed E-state index contributed by atoms with van der Waals surface area (Å²) in [6, 6.07) is 6.02. The van der Waals surface area contributed by atoms with Crippen LogP contribution in [0.3, 0.4) is 0 Å². The number of ether oxygens (including phenoxy) is 2. The third-order valence-electron chi connectivity index (χ3n) is 4.29. The first-order chi connectivity index (χ1) is 11.2. The molecule has 0 spiro atoms. The molecule has 1 saturated carbocycles. The minimum atomic E-state index is 0.130. The molecule has 1 fully saturated rings. The van der Waals surface area contributed by atoms with Gasteiger partial charge in [0.15, 0.2) is 11.5 Å². The van der Waals surface area contributed by atoms with E-state index in [2.05, 4.69) is 10.6 Å². The topological polar surface area (TPSA) is 59.6 Å². The third kappa shape index (κ3) is 5.66. The van der Waals surface area contributed by atoms with Gasteiger partial charge in [-0.2, -0.15) is 0 Å². The van der Waals surface area contributed by atoms with E-state index in [0.29, 0.717) is 30.5 Å². The number of hydrogen-bond donors (Lipinski definition) is 2. The molecule has 1 aromatic rings. The first-order valence-electron chi connectivity index (χ1n) is 8.48. The number of carbonyl (C=O) groups excluding carboxylic acids is 1. The van der Waals surface area contributed by atoms with Crippen LogP contribution in [0.5, 0.6) is 11.5 Å². The summed E-state index contributed by atoms with van der Waals surface area (Å²) in [5.41, 5.74) is 0.921. The zero-order chi connectivity index (χ0) is 16.5. The summed E-state index contributed by atoms with van der Waals surface area (Å²) in [6.07, 6.45) is 7.78. The van der Waals surface area contributed by atoms with E-state index in [4.69, 9.17) is 9.47 Å². The fourth-order valence-corrected chi connectivity index (χ4v) is 2.99. The lowest BCUT2D eigenvalue weighted by molar-refractivity contribution is -0.121. The highest BCUT2D eigenvalue weighted by atomic mass is 16.5. The van der Waals surface area contributed by atoms with Crippen LogP contribution >= 0.6 is 0 Å². The Morgan fingerprint density at radius 1 is 1.09 bits per heavy atom. The van der Waals surface area contributed by atoms with E-state index < -0.39 is 0 Å². The molecule has 0 unspecified atom stereocenters. The Kier molecular flexibility index (Phi) is 7.04. The Hall–Kier alpha value is -1.91. The molecule has 1 aliphatic carbocycles. The molecule has 0 heterocycles. The second-order valence-corrected chi connectivity index (χ2v) is 6.00. The van der Waals surface area contributed by atoms with E-state index >= 15 is 0 Å². The highest BCUT2D eigenvalue weighted by Crippen LogP contribution is 2.29. The van der Waals surface area contributed by atoms with Gasteiger partial charge in [-0.15, -0.1) is 0 Å². The molecule has 1 amide bonds. The second kappa shape index (κ2) is 9.28. The number of rotatable bonds is 7. The van der Waals surface area contributed by atoms with Crippen molar-refractivity contribution in [3.05, 3.63) is 18.2 Å². The maximum atomic E-state index is 12.0. The van der Waals surface area contributed by atoms with Gasteiger partial charge in [-0.05, 0) is 25.0 Å². The molecular weight excluding hydrogens is 292 g/mol. The van der Waals surface area contributed by atoms with Crippen molar-refractivity contribution < 1.29 is 14.3 Å². The number of amides is 1. The van der Waals surface area contributed by atoms with Crippen molar-refractivity contribution in [2.45, 2.75) is 51.0 Å². The normalized spacial score (nSPS) is 15.6. The van der Waals surface area contributed by atoms with Gasteiger partial charge in [0.25, 0.3) is 0 Å². The Morgan fingerprint density at radius 2 is 1.78 bits per heavy atom. The van der Waals surface area contributed by atoms with Gasteiger partial charge in [-0.25, -0.2) is 0 Å². The Bertz CT molecular complexity index is 497. The summed E-state index contributed by atoms with van der Waals surface area (Å²) in [6.45, 7) is 0.605. The summed E-state index contributed by atoms with van der Waals surface area (Å²) in [5.74, 6) is 1.51. The molecule has 0 atom stereocenters. The number of carbonyl (C=O) groups is 1. The zero-order valence-electron chi connectivity index (χ0n) is 14.2. The Labute approximate surface area is 138 Å². The predicted octanol–water partition coefficient (Wildman–Crippen LogP) is 3.34. The average Bonchev–Trinajstić information content (AvgIpc) is 2.83. The number of anilines is 1. The van der Waals surface area contributed by atoms with Gasteiger partial charge >= 0.3 is 0 Å². The van der Waals surface area contributed by atoms with Gasteiger partial charge in [0.05, 0.1) is 14.2 Å². The van der Waals surface area contributed by atoms with Crippen LogP contribution in [0.4, 0.5) is 5.69 Å². The molecule has 0 saturated heterocycles. The summed E-state index contributed by atoms with van der Waals surface area (Å²) < 4.78 is 10.5.